The number of rotatable bonds is 7. The molecular weight excluding hydrogens is 400 g/mol. The predicted molar refractivity (Wildman–Crippen MR) is 114 cm³/mol. The third-order valence-electron chi connectivity index (χ3n) is 4.29. The first-order valence-electron chi connectivity index (χ1n) is 9.26. The van der Waals surface area contributed by atoms with Gasteiger partial charge in [0.05, 0.1) is 17.8 Å². The highest BCUT2D eigenvalue weighted by atomic mass is 32.1. The molecule has 0 atom stereocenters. The first-order chi connectivity index (χ1) is 14.7. The molecule has 2 aromatic heterocycles. The predicted octanol–water partition coefficient (Wildman–Crippen LogP) is 3.76. The molecular formula is C22H18N4O3S. The van der Waals surface area contributed by atoms with Crippen molar-refractivity contribution in [1.29, 1.82) is 0 Å². The zero-order valence-corrected chi connectivity index (χ0v) is 16.7. The van der Waals surface area contributed by atoms with E-state index in [1.807, 2.05) is 41.8 Å². The molecule has 4 aromatic rings. The van der Waals surface area contributed by atoms with Crippen LogP contribution in [0.25, 0.3) is 10.7 Å². The molecule has 0 saturated carbocycles. The lowest BCUT2D eigenvalue weighted by atomic mass is 10.1. The minimum absolute atomic E-state index is 0.134. The second-order valence-electron chi connectivity index (χ2n) is 6.42. The van der Waals surface area contributed by atoms with E-state index in [4.69, 9.17) is 4.52 Å². The van der Waals surface area contributed by atoms with Crippen molar-refractivity contribution < 1.29 is 14.1 Å². The van der Waals surface area contributed by atoms with Crippen molar-refractivity contribution in [2.75, 3.05) is 11.9 Å². The largest absolute Gasteiger partial charge is 0.343 e. The average molecular weight is 418 g/mol. The van der Waals surface area contributed by atoms with Crippen LogP contribution in [-0.2, 0) is 11.2 Å². The van der Waals surface area contributed by atoms with Crippen LogP contribution in [-0.4, -0.2) is 28.5 Å². The molecule has 0 fully saturated rings. The number of hydrogen-bond donors (Lipinski definition) is 2. The third-order valence-corrected chi connectivity index (χ3v) is 5.15. The monoisotopic (exact) mass is 418 g/mol. The minimum Gasteiger partial charge on any atom is -0.343 e. The summed E-state index contributed by atoms with van der Waals surface area (Å²) in [5, 5.41) is 11.4. The number of carbonyl (C=O) groups is 2. The normalized spacial score (nSPS) is 10.5. The summed E-state index contributed by atoms with van der Waals surface area (Å²) in [5.41, 5.74) is 1.97. The van der Waals surface area contributed by atoms with Gasteiger partial charge in [-0.05, 0) is 35.2 Å². The number of amides is 2. The van der Waals surface area contributed by atoms with Crippen LogP contribution in [0, 0.1) is 0 Å². The molecule has 0 bridgehead atoms. The van der Waals surface area contributed by atoms with E-state index in [-0.39, 0.29) is 18.4 Å². The van der Waals surface area contributed by atoms with Crippen molar-refractivity contribution in [3.8, 4) is 10.7 Å². The maximum Gasteiger partial charge on any atom is 0.251 e. The van der Waals surface area contributed by atoms with Crippen molar-refractivity contribution in [2.24, 2.45) is 0 Å². The Morgan fingerprint density at radius 2 is 1.77 bits per heavy atom. The van der Waals surface area contributed by atoms with Crippen molar-refractivity contribution in [3.63, 3.8) is 0 Å². The summed E-state index contributed by atoms with van der Waals surface area (Å²) in [6, 6.07) is 20.0. The molecule has 0 radical (unpaired) electrons. The van der Waals surface area contributed by atoms with Crippen LogP contribution in [0.3, 0.4) is 0 Å². The van der Waals surface area contributed by atoms with Gasteiger partial charge in [-0.25, -0.2) is 0 Å². The summed E-state index contributed by atoms with van der Waals surface area (Å²) in [6.07, 6.45) is 0.380. The number of thiophene rings is 1. The number of anilines is 1. The molecule has 0 aliphatic heterocycles. The lowest BCUT2D eigenvalue weighted by Crippen LogP contribution is -2.33. The summed E-state index contributed by atoms with van der Waals surface area (Å²) in [5.74, 6) is 0.380. The Hall–Kier alpha value is -3.78. The molecule has 2 heterocycles. The Balaban J connectivity index is 1.38. The minimum atomic E-state index is -0.323. The van der Waals surface area contributed by atoms with Gasteiger partial charge in [0.25, 0.3) is 5.91 Å². The van der Waals surface area contributed by atoms with Gasteiger partial charge < -0.3 is 15.2 Å². The number of carbonyl (C=O) groups excluding carboxylic acids is 2. The molecule has 2 aromatic carbocycles. The highest BCUT2D eigenvalue weighted by Gasteiger charge is 2.14. The van der Waals surface area contributed by atoms with E-state index in [0.29, 0.717) is 29.4 Å². The SMILES string of the molecule is O=C(CNC(=O)c1ccccc1)Nc1ccccc1Cc1nc(-c2cccs2)no1. The van der Waals surface area contributed by atoms with Crippen molar-refractivity contribution in [2.45, 2.75) is 6.42 Å². The van der Waals surface area contributed by atoms with Gasteiger partial charge in [0.1, 0.15) is 0 Å². The molecule has 0 aliphatic rings. The number of para-hydroxylation sites is 1. The molecule has 4 rings (SSSR count). The zero-order valence-electron chi connectivity index (χ0n) is 15.9. The van der Waals surface area contributed by atoms with Gasteiger partial charge in [-0.2, -0.15) is 4.98 Å². The topological polar surface area (TPSA) is 97.1 Å². The van der Waals surface area contributed by atoms with Gasteiger partial charge in [-0.15, -0.1) is 11.3 Å². The first-order valence-corrected chi connectivity index (χ1v) is 10.1. The quantitative estimate of drug-likeness (QED) is 0.476. The number of benzene rings is 2. The van der Waals surface area contributed by atoms with Crippen molar-refractivity contribution in [3.05, 3.63) is 89.1 Å². The smallest absolute Gasteiger partial charge is 0.251 e. The van der Waals surface area contributed by atoms with E-state index >= 15 is 0 Å². The van der Waals surface area contributed by atoms with E-state index in [0.717, 1.165) is 10.4 Å². The van der Waals surface area contributed by atoms with Crippen LogP contribution in [0.4, 0.5) is 5.69 Å². The van der Waals surface area contributed by atoms with E-state index < -0.39 is 0 Å². The highest BCUT2D eigenvalue weighted by molar-refractivity contribution is 7.13. The fraction of sp³-hybridized carbons (Fsp3) is 0.0909. The number of aromatic nitrogens is 2. The lowest BCUT2D eigenvalue weighted by Gasteiger charge is -2.10. The van der Waals surface area contributed by atoms with E-state index in [1.165, 1.54) is 11.3 Å². The zero-order chi connectivity index (χ0) is 20.8. The Bertz CT molecular complexity index is 1140. The Morgan fingerprint density at radius 3 is 2.57 bits per heavy atom. The van der Waals surface area contributed by atoms with Gasteiger partial charge in [-0.3, -0.25) is 9.59 Å². The van der Waals surface area contributed by atoms with E-state index in [9.17, 15) is 9.59 Å². The maximum atomic E-state index is 12.3. The third kappa shape index (κ3) is 4.79. The van der Waals surface area contributed by atoms with Gasteiger partial charge in [-0.1, -0.05) is 47.6 Å². The second-order valence-corrected chi connectivity index (χ2v) is 7.37. The summed E-state index contributed by atoms with van der Waals surface area (Å²) >= 11 is 1.54. The van der Waals surface area contributed by atoms with Gasteiger partial charge in [0, 0.05) is 11.3 Å². The Labute approximate surface area is 176 Å². The molecule has 150 valence electrons. The lowest BCUT2D eigenvalue weighted by molar-refractivity contribution is -0.115. The molecule has 7 nitrogen and oxygen atoms in total. The summed E-state index contributed by atoms with van der Waals surface area (Å²) in [6.45, 7) is -0.134. The van der Waals surface area contributed by atoms with Crippen LogP contribution in [0.15, 0.2) is 76.6 Å². The summed E-state index contributed by atoms with van der Waals surface area (Å²) in [4.78, 5) is 29.8. The number of nitrogens with zero attached hydrogens (tertiary/aromatic N) is 2. The second kappa shape index (κ2) is 9.15. The molecule has 30 heavy (non-hydrogen) atoms. The molecule has 0 unspecified atom stereocenters. The Morgan fingerprint density at radius 1 is 0.967 bits per heavy atom. The van der Waals surface area contributed by atoms with Gasteiger partial charge in [0.15, 0.2) is 0 Å². The first kappa shape index (κ1) is 19.5. The summed E-state index contributed by atoms with van der Waals surface area (Å²) < 4.78 is 5.36. The molecule has 0 aliphatic carbocycles. The van der Waals surface area contributed by atoms with Crippen LogP contribution >= 0.6 is 11.3 Å². The Kier molecular flexibility index (Phi) is 5.95. The molecule has 2 N–H and O–H groups in total. The molecule has 8 heteroatoms. The van der Waals surface area contributed by atoms with Gasteiger partial charge in [0.2, 0.25) is 17.6 Å². The standard InChI is InChI=1S/C22H18N4O3S/c27-19(14-23-22(28)15-7-2-1-3-8-15)24-17-10-5-4-9-16(17)13-20-25-21(26-29-20)18-11-6-12-30-18/h1-12H,13-14H2,(H,23,28)(H,24,27). The van der Waals surface area contributed by atoms with Crippen LogP contribution in [0.1, 0.15) is 21.8 Å². The molecule has 0 saturated heterocycles. The van der Waals surface area contributed by atoms with Crippen LogP contribution in [0.5, 0.6) is 0 Å². The summed E-state index contributed by atoms with van der Waals surface area (Å²) in [7, 11) is 0. The fourth-order valence-electron chi connectivity index (χ4n) is 2.84. The van der Waals surface area contributed by atoms with Crippen LogP contribution in [0.2, 0.25) is 0 Å². The number of nitrogens with one attached hydrogen (secondary N) is 2. The van der Waals surface area contributed by atoms with E-state index in [2.05, 4.69) is 20.8 Å². The fourth-order valence-corrected chi connectivity index (χ4v) is 3.49. The van der Waals surface area contributed by atoms with E-state index in [1.54, 1.807) is 30.3 Å². The van der Waals surface area contributed by atoms with Crippen molar-refractivity contribution >= 4 is 28.8 Å². The maximum absolute atomic E-state index is 12.3. The van der Waals surface area contributed by atoms with Gasteiger partial charge >= 0.3 is 0 Å². The highest BCUT2D eigenvalue weighted by Crippen LogP contribution is 2.23. The average Bonchev–Trinajstić information content (AvgIpc) is 3.46. The van der Waals surface area contributed by atoms with Crippen LogP contribution < -0.4 is 10.6 Å². The molecule has 2 amide bonds. The molecule has 0 spiro atoms. The van der Waals surface area contributed by atoms with Crippen molar-refractivity contribution in [1.82, 2.24) is 15.5 Å². The number of hydrogen-bond acceptors (Lipinski definition) is 6.